The van der Waals surface area contributed by atoms with Gasteiger partial charge in [0.25, 0.3) is 0 Å². The molecule has 9 nitrogen and oxygen atoms in total. The Hall–Kier alpha value is -2.88. The Morgan fingerprint density at radius 3 is 2.78 bits per heavy atom. The van der Waals surface area contributed by atoms with Gasteiger partial charge in [0.2, 0.25) is 0 Å². The van der Waals surface area contributed by atoms with E-state index in [1.807, 2.05) is 21.6 Å². The van der Waals surface area contributed by atoms with E-state index >= 15 is 0 Å². The Kier molecular flexibility index (Phi) is 6.50. The molecule has 3 heterocycles. The predicted molar refractivity (Wildman–Crippen MR) is 119 cm³/mol. The molecule has 0 aliphatic carbocycles. The molecule has 0 bridgehead atoms. The van der Waals surface area contributed by atoms with Crippen LogP contribution in [0.5, 0.6) is 0 Å². The van der Waals surface area contributed by atoms with E-state index in [9.17, 15) is 14.7 Å². The molecule has 1 unspecified atom stereocenters. The highest BCUT2D eigenvalue weighted by molar-refractivity contribution is 6.45. The molecule has 1 fully saturated rings. The van der Waals surface area contributed by atoms with Crippen LogP contribution in [0.1, 0.15) is 19.3 Å². The number of hydrogen-bond acceptors (Lipinski definition) is 6. The minimum absolute atomic E-state index is 0.191. The second-order valence-corrected chi connectivity index (χ2v) is 8.19. The Labute approximate surface area is 193 Å². The zero-order valence-corrected chi connectivity index (χ0v) is 18.3. The number of fused-ring (bicyclic) bond motifs is 1. The summed E-state index contributed by atoms with van der Waals surface area (Å²) in [5.41, 5.74) is 1.26. The molecule has 2 aromatic heterocycles. The molecule has 1 aliphatic rings. The molecule has 0 spiro atoms. The number of benzene rings is 1. The molecule has 1 aliphatic heterocycles. The van der Waals surface area contributed by atoms with Crippen LogP contribution < -0.4 is 4.90 Å². The second kappa shape index (κ2) is 9.32. The van der Waals surface area contributed by atoms with Crippen molar-refractivity contribution in [3.8, 4) is 5.69 Å². The Bertz CT molecular complexity index is 1150. The molecule has 4 rings (SSSR count). The quantitative estimate of drug-likeness (QED) is 0.503. The van der Waals surface area contributed by atoms with Gasteiger partial charge >= 0.3 is 11.9 Å². The van der Waals surface area contributed by atoms with Crippen molar-refractivity contribution in [2.24, 2.45) is 0 Å². The van der Waals surface area contributed by atoms with Crippen LogP contribution in [0.25, 0.3) is 16.6 Å². The van der Waals surface area contributed by atoms with Crippen LogP contribution in [0.15, 0.2) is 36.9 Å². The van der Waals surface area contributed by atoms with Crippen molar-refractivity contribution in [1.29, 1.82) is 0 Å². The van der Waals surface area contributed by atoms with Gasteiger partial charge in [-0.2, -0.15) is 0 Å². The fraction of sp³-hybridized carbons (Fsp3) is 0.333. The van der Waals surface area contributed by atoms with Crippen molar-refractivity contribution in [1.82, 2.24) is 14.5 Å². The summed E-state index contributed by atoms with van der Waals surface area (Å²) in [5, 5.41) is 20.0. The van der Waals surface area contributed by atoms with E-state index in [4.69, 9.17) is 38.0 Å². The van der Waals surface area contributed by atoms with Crippen molar-refractivity contribution >= 4 is 51.9 Å². The third-order valence-corrected chi connectivity index (χ3v) is 6.21. The van der Waals surface area contributed by atoms with Crippen LogP contribution in [0, 0.1) is 0 Å². The Balaban J connectivity index is 1.77. The fourth-order valence-corrected chi connectivity index (χ4v) is 4.34. The van der Waals surface area contributed by atoms with E-state index in [0.717, 1.165) is 17.5 Å². The van der Waals surface area contributed by atoms with Crippen LogP contribution in [-0.4, -0.2) is 62.0 Å². The number of anilines is 1. The molecule has 0 saturated carbocycles. The SMILES string of the molecule is O=C(O)CCO[C@@H](C(=O)O)C1CCCN1c1cc(-n2ccnc2)c2ccc(Cl)c(Cl)c2n1. The zero-order valence-electron chi connectivity index (χ0n) is 16.8. The Morgan fingerprint density at radius 1 is 1.28 bits per heavy atom. The fourth-order valence-electron chi connectivity index (χ4n) is 3.98. The zero-order chi connectivity index (χ0) is 22.8. The topological polar surface area (TPSA) is 118 Å². The maximum absolute atomic E-state index is 11.9. The van der Waals surface area contributed by atoms with Crippen molar-refractivity contribution in [2.45, 2.75) is 31.4 Å². The molecular weight excluding hydrogens is 459 g/mol. The van der Waals surface area contributed by atoms with Crippen LogP contribution in [0.3, 0.4) is 0 Å². The number of aromatic nitrogens is 3. The van der Waals surface area contributed by atoms with E-state index in [2.05, 4.69) is 4.98 Å². The summed E-state index contributed by atoms with van der Waals surface area (Å²) in [6.45, 7) is 0.375. The first-order valence-electron chi connectivity index (χ1n) is 9.96. The molecule has 2 atom stereocenters. The largest absolute Gasteiger partial charge is 0.481 e. The van der Waals surface area contributed by atoms with E-state index in [1.165, 1.54) is 0 Å². The molecule has 2 N–H and O–H groups in total. The van der Waals surface area contributed by atoms with Crippen LogP contribution in [0.2, 0.25) is 10.0 Å². The predicted octanol–water partition coefficient (Wildman–Crippen LogP) is 3.64. The normalized spacial score (nSPS) is 17.1. The summed E-state index contributed by atoms with van der Waals surface area (Å²) in [6, 6.07) is 4.86. The van der Waals surface area contributed by atoms with Crippen LogP contribution >= 0.6 is 23.2 Å². The maximum atomic E-state index is 11.9. The molecular formula is C21H20Cl2N4O5. The van der Waals surface area contributed by atoms with Gasteiger partial charge in [0.1, 0.15) is 5.82 Å². The third-order valence-electron chi connectivity index (χ3n) is 5.42. The molecule has 0 amide bonds. The van der Waals surface area contributed by atoms with E-state index in [0.29, 0.717) is 34.3 Å². The van der Waals surface area contributed by atoms with Gasteiger partial charge in [-0.15, -0.1) is 0 Å². The van der Waals surface area contributed by atoms with Crippen molar-refractivity contribution in [2.75, 3.05) is 18.1 Å². The number of imidazole rings is 1. The summed E-state index contributed by atoms with van der Waals surface area (Å²) in [5.74, 6) is -1.67. The highest BCUT2D eigenvalue weighted by atomic mass is 35.5. The maximum Gasteiger partial charge on any atom is 0.334 e. The van der Waals surface area contributed by atoms with Crippen molar-refractivity contribution in [3.05, 3.63) is 47.0 Å². The lowest BCUT2D eigenvalue weighted by atomic mass is 10.1. The van der Waals surface area contributed by atoms with E-state index in [1.54, 1.807) is 24.8 Å². The van der Waals surface area contributed by atoms with Gasteiger partial charge in [-0.3, -0.25) is 4.79 Å². The first-order chi connectivity index (χ1) is 15.4. The van der Waals surface area contributed by atoms with Gasteiger partial charge in [-0.05, 0) is 25.0 Å². The summed E-state index contributed by atoms with van der Waals surface area (Å²) in [4.78, 5) is 33.5. The van der Waals surface area contributed by atoms with Gasteiger partial charge in [0.05, 0.1) is 46.6 Å². The lowest BCUT2D eigenvalue weighted by Gasteiger charge is -2.30. The second-order valence-electron chi connectivity index (χ2n) is 7.40. The number of rotatable bonds is 8. The van der Waals surface area contributed by atoms with Gasteiger partial charge in [0.15, 0.2) is 6.10 Å². The standard InChI is InChI=1S/C21H20Cl2N4O5/c22-13-4-3-12-15(26-8-6-24-11-26)10-16(25-19(12)18(13)23)27-7-1-2-14(27)20(21(30)31)32-9-5-17(28)29/h3-4,6,8,10-11,14,20H,1-2,5,7,9H2,(H,28,29)(H,30,31)/t14?,20-/m1/s1. The number of carboxylic acid groups (broad SMARTS) is 2. The van der Waals surface area contributed by atoms with Gasteiger partial charge in [0, 0.05) is 30.4 Å². The number of aliphatic carboxylic acids is 2. The molecule has 32 heavy (non-hydrogen) atoms. The summed E-state index contributed by atoms with van der Waals surface area (Å²) in [7, 11) is 0. The van der Waals surface area contributed by atoms with Crippen molar-refractivity contribution < 1.29 is 24.5 Å². The molecule has 3 aromatic rings. The number of ether oxygens (including phenoxy) is 1. The molecule has 1 saturated heterocycles. The molecule has 168 valence electrons. The van der Waals surface area contributed by atoms with Gasteiger partial charge in [-0.1, -0.05) is 23.2 Å². The number of hydrogen-bond donors (Lipinski definition) is 2. The summed E-state index contributed by atoms with van der Waals surface area (Å²) >= 11 is 12.7. The lowest BCUT2D eigenvalue weighted by molar-refractivity contribution is -0.154. The van der Waals surface area contributed by atoms with E-state index < -0.39 is 24.1 Å². The average molecular weight is 479 g/mol. The monoisotopic (exact) mass is 478 g/mol. The highest BCUT2D eigenvalue weighted by Crippen LogP contribution is 2.37. The first kappa shape index (κ1) is 22.3. The summed E-state index contributed by atoms with van der Waals surface area (Å²) < 4.78 is 7.29. The van der Waals surface area contributed by atoms with Gasteiger partial charge in [-0.25, -0.2) is 14.8 Å². The smallest absolute Gasteiger partial charge is 0.334 e. The number of nitrogens with zero attached hydrogens (tertiary/aromatic N) is 4. The first-order valence-corrected chi connectivity index (χ1v) is 10.7. The number of carbonyl (C=O) groups is 2. The van der Waals surface area contributed by atoms with Gasteiger partial charge < -0.3 is 24.4 Å². The minimum Gasteiger partial charge on any atom is -0.481 e. The molecule has 1 aromatic carbocycles. The molecule has 0 radical (unpaired) electrons. The number of carboxylic acids is 2. The number of halogens is 2. The lowest BCUT2D eigenvalue weighted by Crippen LogP contribution is -2.45. The average Bonchev–Trinajstić information content (AvgIpc) is 3.45. The van der Waals surface area contributed by atoms with Crippen LogP contribution in [-0.2, 0) is 14.3 Å². The third kappa shape index (κ3) is 4.36. The minimum atomic E-state index is -1.19. The highest BCUT2D eigenvalue weighted by Gasteiger charge is 2.38. The van der Waals surface area contributed by atoms with Crippen molar-refractivity contribution in [3.63, 3.8) is 0 Å². The number of pyridine rings is 1. The van der Waals surface area contributed by atoms with E-state index in [-0.39, 0.29) is 13.0 Å². The van der Waals surface area contributed by atoms with Crippen LogP contribution in [0.4, 0.5) is 5.82 Å². The summed E-state index contributed by atoms with van der Waals surface area (Å²) in [6.07, 6.45) is 4.92. The Morgan fingerprint density at radius 2 is 2.09 bits per heavy atom. The molecule has 11 heteroatoms.